The fourth-order valence-corrected chi connectivity index (χ4v) is 3.42. The number of benzene rings is 1. The molecule has 0 spiro atoms. The lowest BCUT2D eigenvalue weighted by atomic mass is 10.0. The van der Waals surface area contributed by atoms with Crippen molar-refractivity contribution in [3.05, 3.63) is 29.8 Å². The molecule has 2 saturated heterocycles. The fraction of sp³-hybridized carbons (Fsp3) is 0.562. The van der Waals surface area contributed by atoms with E-state index in [0.29, 0.717) is 0 Å². The van der Waals surface area contributed by atoms with Crippen LogP contribution in [0, 0.1) is 0 Å². The summed E-state index contributed by atoms with van der Waals surface area (Å²) in [5.41, 5.74) is 7.56. The van der Waals surface area contributed by atoms with E-state index in [1.165, 1.54) is 18.5 Å². The van der Waals surface area contributed by atoms with Gasteiger partial charge in [0, 0.05) is 43.5 Å². The van der Waals surface area contributed by atoms with E-state index in [-0.39, 0.29) is 55.5 Å². The molecule has 2 heterocycles. The predicted octanol–water partition coefficient (Wildman–Crippen LogP) is 2.34. The average Bonchev–Trinajstić information content (AvgIpc) is 2.62. The van der Waals surface area contributed by atoms with Crippen LogP contribution in [0.15, 0.2) is 29.4 Å². The number of piperazine rings is 1. The van der Waals surface area contributed by atoms with Crippen molar-refractivity contribution < 1.29 is 5.21 Å². The summed E-state index contributed by atoms with van der Waals surface area (Å²) in [5.74, 6) is 0.155. The number of anilines is 1. The van der Waals surface area contributed by atoms with Gasteiger partial charge in [-0.3, -0.25) is 4.90 Å². The van der Waals surface area contributed by atoms with Crippen molar-refractivity contribution in [1.29, 1.82) is 0 Å². The first-order valence-electron chi connectivity index (χ1n) is 8.05. The van der Waals surface area contributed by atoms with Crippen molar-refractivity contribution in [3.63, 3.8) is 0 Å². The van der Waals surface area contributed by atoms with Crippen LogP contribution in [-0.2, 0) is 0 Å². The Kier molecular flexibility index (Phi) is 14.4. The third-order valence-electron chi connectivity index (χ3n) is 4.78. The molecular weight excluding hydrogens is 420 g/mol. The molecule has 10 heteroatoms. The molecule has 1 aromatic rings. The van der Waals surface area contributed by atoms with Crippen molar-refractivity contribution in [2.75, 3.05) is 44.2 Å². The third-order valence-corrected chi connectivity index (χ3v) is 4.78. The topological polar surface area (TPSA) is 77.1 Å². The fourth-order valence-electron chi connectivity index (χ4n) is 3.42. The summed E-state index contributed by atoms with van der Waals surface area (Å²) in [4.78, 5) is 5.05. The van der Waals surface area contributed by atoms with Gasteiger partial charge >= 0.3 is 0 Å². The second-order valence-corrected chi connectivity index (χ2v) is 6.04. The molecule has 0 unspecified atom stereocenters. The summed E-state index contributed by atoms with van der Waals surface area (Å²) in [5, 5.41) is 15.2. The summed E-state index contributed by atoms with van der Waals surface area (Å²) in [6.45, 7) is 6.69. The molecule has 0 radical (unpaired) electrons. The zero-order valence-corrected chi connectivity index (χ0v) is 17.8. The van der Waals surface area contributed by atoms with Crippen LogP contribution in [0.25, 0.3) is 0 Å². The molecular formula is C16H29Cl4N5O. The van der Waals surface area contributed by atoms with Gasteiger partial charge in [0.15, 0.2) is 5.84 Å². The summed E-state index contributed by atoms with van der Waals surface area (Å²) in [6, 6.07) is 8.67. The van der Waals surface area contributed by atoms with Crippen LogP contribution < -0.4 is 16.0 Å². The number of hydrogen-bond acceptors (Lipinski definition) is 5. The summed E-state index contributed by atoms with van der Waals surface area (Å²) in [7, 11) is 0. The molecule has 2 aliphatic heterocycles. The molecule has 0 bridgehead atoms. The Morgan fingerprint density at radius 2 is 1.50 bits per heavy atom. The molecule has 0 aromatic heterocycles. The second kappa shape index (κ2) is 13.5. The van der Waals surface area contributed by atoms with Crippen molar-refractivity contribution in [1.82, 2.24) is 10.2 Å². The first-order valence-corrected chi connectivity index (χ1v) is 8.05. The normalized spacial score (nSPS) is 18.6. The highest BCUT2D eigenvalue weighted by molar-refractivity contribution is 5.97. The Bertz CT molecular complexity index is 518. The third kappa shape index (κ3) is 6.83. The van der Waals surface area contributed by atoms with Gasteiger partial charge in [-0.25, -0.2) is 0 Å². The van der Waals surface area contributed by atoms with Gasteiger partial charge in [-0.1, -0.05) is 5.16 Å². The van der Waals surface area contributed by atoms with E-state index in [1.54, 1.807) is 0 Å². The number of amidine groups is 1. The predicted molar refractivity (Wildman–Crippen MR) is 118 cm³/mol. The van der Waals surface area contributed by atoms with Crippen LogP contribution >= 0.6 is 49.6 Å². The Hall–Kier alpha value is -0.630. The van der Waals surface area contributed by atoms with Gasteiger partial charge in [-0.05, 0) is 50.2 Å². The van der Waals surface area contributed by atoms with Crippen molar-refractivity contribution in [2.45, 2.75) is 18.9 Å². The average molecular weight is 449 g/mol. The minimum Gasteiger partial charge on any atom is -0.409 e. The number of halogens is 4. The van der Waals surface area contributed by atoms with Crippen LogP contribution in [0.2, 0.25) is 0 Å². The molecule has 26 heavy (non-hydrogen) atoms. The quantitative estimate of drug-likeness (QED) is 0.286. The van der Waals surface area contributed by atoms with E-state index < -0.39 is 0 Å². The molecule has 0 amide bonds. The second-order valence-electron chi connectivity index (χ2n) is 6.04. The van der Waals surface area contributed by atoms with E-state index in [1.807, 2.05) is 24.3 Å². The molecule has 0 atom stereocenters. The summed E-state index contributed by atoms with van der Waals surface area (Å²) < 4.78 is 0. The monoisotopic (exact) mass is 447 g/mol. The van der Waals surface area contributed by atoms with E-state index in [2.05, 4.69) is 20.3 Å². The molecule has 1 aromatic carbocycles. The summed E-state index contributed by atoms with van der Waals surface area (Å²) in [6.07, 6.45) is 2.54. The van der Waals surface area contributed by atoms with Crippen LogP contribution in [0.5, 0.6) is 0 Å². The lowest BCUT2D eigenvalue weighted by molar-refractivity contribution is 0.153. The Morgan fingerprint density at radius 3 is 2.00 bits per heavy atom. The standard InChI is InChI=1S/C16H25N5O.4ClH/c17-16(19-22)13-1-3-14(4-2-13)20-9-11-21(12-10-20)15-5-7-18-8-6-15;;;;/h1-4,15,18,22H,5-12H2,(H2,17,19);4*1H. The zero-order valence-electron chi connectivity index (χ0n) is 14.5. The van der Waals surface area contributed by atoms with Gasteiger partial charge in [0.2, 0.25) is 0 Å². The van der Waals surface area contributed by atoms with Gasteiger partial charge in [-0.2, -0.15) is 0 Å². The maximum absolute atomic E-state index is 8.70. The van der Waals surface area contributed by atoms with Crippen molar-refractivity contribution >= 4 is 61.2 Å². The van der Waals surface area contributed by atoms with Gasteiger partial charge in [0.25, 0.3) is 0 Å². The number of oxime groups is 1. The van der Waals surface area contributed by atoms with Crippen LogP contribution in [0.4, 0.5) is 5.69 Å². The van der Waals surface area contributed by atoms with Crippen LogP contribution in [-0.4, -0.2) is 61.3 Å². The first-order chi connectivity index (χ1) is 10.8. The Balaban J connectivity index is 0. The molecule has 4 N–H and O–H groups in total. The van der Waals surface area contributed by atoms with Gasteiger partial charge < -0.3 is 21.2 Å². The molecule has 152 valence electrons. The smallest absolute Gasteiger partial charge is 0.170 e. The number of nitrogens with two attached hydrogens (primary N) is 1. The summed E-state index contributed by atoms with van der Waals surface area (Å²) >= 11 is 0. The maximum atomic E-state index is 8.70. The van der Waals surface area contributed by atoms with E-state index in [4.69, 9.17) is 10.9 Å². The van der Waals surface area contributed by atoms with Crippen molar-refractivity contribution in [2.24, 2.45) is 10.9 Å². The largest absolute Gasteiger partial charge is 0.409 e. The van der Waals surface area contributed by atoms with Crippen molar-refractivity contribution in [3.8, 4) is 0 Å². The number of nitrogens with one attached hydrogen (secondary N) is 1. The van der Waals surface area contributed by atoms with Crippen LogP contribution in [0.1, 0.15) is 18.4 Å². The maximum Gasteiger partial charge on any atom is 0.170 e. The molecule has 3 rings (SSSR count). The van der Waals surface area contributed by atoms with Crippen LogP contribution in [0.3, 0.4) is 0 Å². The Morgan fingerprint density at radius 1 is 0.962 bits per heavy atom. The highest BCUT2D eigenvalue weighted by Gasteiger charge is 2.25. The molecule has 0 saturated carbocycles. The van der Waals surface area contributed by atoms with Gasteiger partial charge in [0.05, 0.1) is 0 Å². The van der Waals surface area contributed by atoms with E-state index in [0.717, 1.165) is 50.9 Å². The lowest BCUT2D eigenvalue weighted by Gasteiger charge is -2.41. The molecule has 2 fully saturated rings. The van der Waals surface area contributed by atoms with Gasteiger partial charge in [0.1, 0.15) is 0 Å². The minimum atomic E-state index is 0. The highest BCUT2D eigenvalue weighted by Crippen LogP contribution is 2.20. The first kappa shape index (κ1) is 27.6. The number of hydrogen-bond donors (Lipinski definition) is 3. The minimum absolute atomic E-state index is 0. The van der Waals surface area contributed by atoms with E-state index in [9.17, 15) is 0 Å². The molecule has 2 aliphatic rings. The van der Waals surface area contributed by atoms with E-state index >= 15 is 0 Å². The molecule has 6 nitrogen and oxygen atoms in total. The molecule has 0 aliphatic carbocycles. The lowest BCUT2D eigenvalue weighted by Crippen LogP contribution is -2.52. The van der Waals surface area contributed by atoms with Gasteiger partial charge in [-0.15, -0.1) is 49.6 Å². The number of rotatable bonds is 3. The highest BCUT2D eigenvalue weighted by atomic mass is 35.5. The SMILES string of the molecule is Cl.Cl.Cl.Cl.NC(=NO)c1ccc(N2CCN(C3CCNCC3)CC2)cc1. The number of nitrogens with zero attached hydrogens (tertiary/aromatic N) is 3. The number of piperidine rings is 1. The zero-order chi connectivity index (χ0) is 15.4. The Labute approximate surface area is 180 Å².